The van der Waals surface area contributed by atoms with E-state index in [0.717, 1.165) is 40.5 Å². The van der Waals surface area contributed by atoms with Gasteiger partial charge in [0.2, 0.25) is 0 Å². The lowest BCUT2D eigenvalue weighted by Crippen LogP contribution is -2.28. The molecule has 1 fully saturated rings. The molecule has 1 spiro atoms. The molecule has 7 aromatic carbocycles. The largest absolute Gasteiger partial charge is 0.238 e. The molecule has 5 heteroatoms. The van der Waals surface area contributed by atoms with Crippen LogP contribution in [0.3, 0.4) is 0 Å². The Morgan fingerprint density at radius 1 is 0.473 bits per heavy atom. The Balaban J connectivity index is 1.00. The third kappa shape index (κ3) is 5.21. The van der Waals surface area contributed by atoms with Crippen LogP contribution in [0.15, 0.2) is 146 Å². The molecule has 9 aromatic rings. The number of hydrogen-bond acceptors (Lipinski definition) is 4. The van der Waals surface area contributed by atoms with E-state index in [-0.39, 0.29) is 5.41 Å². The van der Waals surface area contributed by atoms with Crippen LogP contribution < -0.4 is 0 Å². The van der Waals surface area contributed by atoms with Gasteiger partial charge >= 0.3 is 0 Å². The van der Waals surface area contributed by atoms with E-state index >= 15 is 0 Å². The summed E-state index contributed by atoms with van der Waals surface area (Å²) in [6.45, 7) is 7.65. The van der Waals surface area contributed by atoms with Crippen LogP contribution in [0.5, 0.6) is 0 Å². The molecule has 0 bridgehead atoms. The average Bonchev–Trinajstić information content (AvgIpc) is 3.75. The monoisotopic (exact) mass is 722 g/mol. The fraction of sp³-hybridized carbons (Fsp3) is 0.120. The molecule has 0 atom stereocenters. The quantitative estimate of drug-likeness (QED) is 0.170. The van der Waals surface area contributed by atoms with Crippen molar-refractivity contribution in [3.63, 3.8) is 0 Å². The van der Waals surface area contributed by atoms with Gasteiger partial charge in [-0.15, -0.1) is 11.3 Å². The maximum absolute atomic E-state index is 7.65. The molecule has 0 amide bonds. The lowest BCUT2D eigenvalue weighted by molar-refractivity contribution is 0.353. The fourth-order valence-electron chi connectivity index (χ4n) is 9.20. The predicted molar refractivity (Wildman–Crippen MR) is 228 cm³/mol. The van der Waals surface area contributed by atoms with Crippen molar-refractivity contribution in [2.75, 3.05) is 0 Å². The van der Waals surface area contributed by atoms with E-state index in [0.29, 0.717) is 23.2 Å². The summed E-state index contributed by atoms with van der Waals surface area (Å²) in [5.41, 5.74) is 11.3. The van der Waals surface area contributed by atoms with Crippen LogP contribution in [0.25, 0.3) is 92.2 Å². The number of nitrogens with zero attached hydrogens (tertiary/aromatic N) is 4. The summed E-state index contributed by atoms with van der Waals surface area (Å²) < 4.78 is 2.50. The first-order valence-corrected chi connectivity index (χ1v) is 19.9. The zero-order valence-electron chi connectivity index (χ0n) is 30.1. The van der Waals surface area contributed by atoms with E-state index in [4.69, 9.17) is 21.5 Å². The van der Waals surface area contributed by atoms with Crippen molar-refractivity contribution in [2.45, 2.75) is 37.5 Å². The first-order chi connectivity index (χ1) is 27.1. The second kappa shape index (κ2) is 12.6. The highest BCUT2D eigenvalue weighted by molar-refractivity contribution is 7.25. The molecule has 260 valence electrons. The minimum atomic E-state index is 0.0265. The van der Waals surface area contributed by atoms with Crippen LogP contribution in [0, 0.1) is 6.57 Å². The third-order valence-corrected chi connectivity index (χ3v) is 13.1. The van der Waals surface area contributed by atoms with Gasteiger partial charge in [0.15, 0.2) is 23.2 Å². The SMILES string of the molecule is [C-]#[N+]c1ccc2c(c1)-c1ccc(-c3ccc(-c4nc(-c5ccc6ccccc6c5)nc(-c5ccc6c(c5)sc5ccccc56)n4)cc3)cc1C21CCCCC1. The number of hydrogen-bond donors (Lipinski definition) is 0. The Morgan fingerprint density at radius 2 is 1.13 bits per heavy atom. The molecule has 0 N–H and O–H groups in total. The summed E-state index contributed by atoms with van der Waals surface area (Å²) in [5, 5.41) is 4.86. The standard InChI is InChI=1S/C50H34N4S/c1-51-38-21-24-43-42(30-38)39-22-19-35(28-44(39)50(43)25-7-2-8-26-50)32-13-16-33(17-14-32)47-52-48(36-18-15-31-9-3-4-10-34(31)27-36)54-49(53-47)37-20-23-41-40-11-5-6-12-45(40)55-46(41)29-37/h3-6,9-24,27-30H,2,7-8,25-26H2. The number of thiophene rings is 1. The summed E-state index contributed by atoms with van der Waals surface area (Å²) in [7, 11) is 0. The van der Waals surface area contributed by atoms with Crippen LogP contribution in [-0.4, -0.2) is 15.0 Å². The van der Waals surface area contributed by atoms with E-state index in [9.17, 15) is 0 Å². The van der Waals surface area contributed by atoms with Gasteiger partial charge in [0.05, 0.1) is 6.57 Å². The van der Waals surface area contributed by atoms with E-state index in [2.05, 4.69) is 144 Å². The van der Waals surface area contributed by atoms with Crippen molar-refractivity contribution >= 4 is 48.0 Å². The van der Waals surface area contributed by atoms with Gasteiger partial charge in [-0.25, -0.2) is 19.8 Å². The summed E-state index contributed by atoms with van der Waals surface area (Å²) in [6.07, 6.45) is 6.06. The van der Waals surface area contributed by atoms with Gasteiger partial charge < -0.3 is 0 Å². The number of benzene rings is 7. The molecular formula is C50H34N4S. The van der Waals surface area contributed by atoms with Crippen molar-refractivity contribution in [3.8, 4) is 56.4 Å². The van der Waals surface area contributed by atoms with Crippen molar-refractivity contribution in [1.82, 2.24) is 15.0 Å². The third-order valence-electron chi connectivity index (χ3n) is 11.9. The Labute approximate surface area is 323 Å². The van der Waals surface area contributed by atoms with Gasteiger partial charge in [-0.3, -0.25) is 0 Å². The summed E-state index contributed by atoms with van der Waals surface area (Å²) in [5.74, 6) is 1.97. The topological polar surface area (TPSA) is 43.0 Å². The number of aromatic nitrogens is 3. The second-order valence-corrected chi connectivity index (χ2v) is 16.1. The molecule has 0 unspecified atom stereocenters. The van der Waals surface area contributed by atoms with Crippen molar-refractivity contribution in [2.24, 2.45) is 0 Å². The van der Waals surface area contributed by atoms with Gasteiger partial charge in [0, 0.05) is 42.3 Å². The van der Waals surface area contributed by atoms with E-state index in [1.54, 1.807) is 11.3 Å². The zero-order chi connectivity index (χ0) is 36.5. The fourth-order valence-corrected chi connectivity index (χ4v) is 10.3. The molecule has 2 aliphatic carbocycles. The zero-order valence-corrected chi connectivity index (χ0v) is 30.9. The van der Waals surface area contributed by atoms with Crippen LogP contribution >= 0.6 is 11.3 Å². The van der Waals surface area contributed by atoms with Crippen LogP contribution in [0.2, 0.25) is 0 Å². The van der Waals surface area contributed by atoms with Crippen LogP contribution in [-0.2, 0) is 5.41 Å². The van der Waals surface area contributed by atoms with Crippen molar-refractivity contribution in [1.29, 1.82) is 0 Å². The summed E-state index contributed by atoms with van der Waals surface area (Å²) >= 11 is 1.80. The van der Waals surface area contributed by atoms with Crippen molar-refractivity contribution in [3.05, 3.63) is 168 Å². The van der Waals surface area contributed by atoms with Gasteiger partial charge in [-0.05, 0) is 87.3 Å². The first-order valence-electron chi connectivity index (χ1n) is 19.1. The smallest absolute Gasteiger partial charge is 0.187 e. The summed E-state index contributed by atoms with van der Waals surface area (Å²) in [6, 6.07) is 52.0. The molecular weight excluding hydrogens is 689 g/mol. The normalized spacial score (nSPS) is 14.3. The molecule has 2 aromatic heterocycles. The number of rotatable bonds is 4. The maximum atomic E-state index is 7.65. The first kappa shape index (κ1) is 32.0. The van der Waals surface area contributed by atoms with Gasteiger partial charge in [0.25, 0.3) is 0 Å². The minimum absolute atomic E-state index is 0.0265. The molecule has 4 nitrogen and oxygen atoms in total. The van der Waals surface area contributed by atoms with E-state index in [1.807, 2.05) is 6.07 Å². The Hall–Kier alpha value is -6.48. The van der Waals surface area contributed by atoms with Crippen molar-refractivity contribution < 1.29 is 0 Å². The minimum Gasteiger partial charge on any atom is -0.238 e. The molecule has 55 heavy (non-hydrogen) atoms. The van der Waals surface area contributed by atoms with Crippen LogP contribution in [0.1, 0.15) is 43.2 Å². The highest BCUT2D eigenvalue weighted by Gasteiger charge is 2.43. The molecule has 0 aliphatic heterocycles. The van der Waals surface area contributed by atoms with Gasteiger partial charge in [-0.2, -0.15) is 0 Å². The summed E-state index contributed by atoms with van der Waals surface area (Å²) in [4.78, 5) is 19.1. The van der Waals surface area contributed by atoms with Gasteiger partial charge in [0.1, 0.15) is 0 Å². The highest BCUT2D eigenvalue weighted by atomic mass is 32.1. The molecule has 2 aliphatic rings. The molecule has 2 heterocycles. The van der Waals surface area contributed by atoms with E-state index in [1.165, 1.54) is 72.6 Å². The maximum Gasteiger partial charge on any atom is 0.187 e. The lowest BCUT2D eigenvalue weighted by Gasteiger charge is -2.36. The number of fused-ring (bicyclic) bond motifs is 9. The highest BCUT2D eigenvalue weighted by Crippen LogP contribution is 2.57. The molecule has 0 radical (unpaired) electrons. The van der Waals surface area contributed by atoms with E-state index < -0.39 is 0 Å². The Kier molecular flexibility index (Phi) is 7.30. The second-order valence-electron chi connectivity index (χ2n) is 15.0. The van der Waals surface area contributed by atoms with Gasteiger partial charge in [-0.1, -0.05) is 135 Å². The Bertz CT molecular complexity index is 3040. The lowest BCUT2D eigenvalue weighted by atomic mass is 9.67. The van der Waals surface area contributed by atoms with Crippen LogP contribution in [0.4, 0.5) is 5.69 Å². The molecule has 0 saturated heterocycles. The molecule has 1 saturated carbocycles. The predicted octanol–water partition coefficient (Wildman–Crippen LogP) is 13.8. The average molecular weight is 723 g/mol. The molecule has 11 rings (SSSR count). The Morgan fingerprint density at radius 3 is 1.95 bits per heavy atom.